The molecule has 5 nitrogen and oxygen atoms in total. The van der Waals surface area contributed by atoms with Crippen LogP contribution in [0.4, 0.5) is 5.69 Å². The van der Waals surface area contributed by atoms with Gasteiger partial charge >= 0.3 is 0 Å². The standard InChI is InChI=1S/C9H9N3O2S/c10-9(5-6-15-11-9)7-1-3-8(4-2-7)12(13)14/h1-6,11H,10H2. The van der Waals surface area contributed by atoms with Crippen LogP contribution in [0.1, 0.15) is 5.56 Å². The molecule has 0 fully saturated rings. The predicted octanol–water partition coefficient (Wildman–Crippen LogP) is 1.47. The molecule has 78 valence electrons. The fourth-order valence-corrected chi connectivity index (χ4v) is 2.05. The summed E-state index contributed by atoms with van der Waals surface area (Å²) in [6.07, 6.45) is 1.82. The van der Waals surface area contributed by atoms with E-state index in [9.17, 15) is 10.1 Å². The number of benzene rings is 1. The van der Waals surface area contributed by atoms with Crippen molar-refractivity contribution in [2.45, 2.75) is 5.66 Å². The van der Waals surface area contributed by atoms with Gasteiger partial charge in [0.2, 0.25) is 0 Å². The quantitative estimate of drug-likeness (QED) is 0.451. The molecule has 1 atom stereocenters. The Morgan fingerprint density at radius 3 is 2.53 bits per heavy atom. The molecule has 3 N–H and O–H groups in total. The number of non-ortho nitro benzene ring substituents is 1. The van der Waals surface area contributed by atoms with Crippen LogP contribution in [0.2, 0.25) is 0 Å². The van der Waals surface area contributed by atoms with Crippen molar-refractivity contribution >= 4 is 17.6 Å². The van der Waals surface area contributed by atoms with Crippen LogP contribution in [0.25, 0.3) is 0 Å². The van der Waals surface area contributed by atoms with Gasteiger partial charge in [-0.1, -0.05) is 11.9 Å². The zero-order valence-electron chi connectivity index (χ0n) is 7.71. The number of nitro groups is 1. The van der Waals surface area contributed by atoms with Gasteiger partial charge in [0.15, 0.2) is 0 Å². The molecule has 0 bridgehead atoms. The Kier molecular flexibility index (Phi) is 2.47. The zero-order valence-corrected chi connectivity index (χ0v) is 8.53. The number of rotatable bonds is 2. The maximum absolute atomic E-state index is 10.5. The van der Waals surface area contributed by atoms with E-state index in [4.69, 9.17) is 5.73 Å². The second-order valence-corrected chi connectivity index (χ2v) is 3.91. The minimum absolute atomic E-state index is 0.0666. The predicted molar refractivity (Wildman–Crippen MR) is 58.8 cm³/mol. The van der Waals surface area contributed by atoms with Gasteiger partial charge in [0, 0.05) is 12.1 Å². The van der Waals surface area contributed by atoms with E-state index in [1.54, 1.807) is 12.1 Å². The normalized spacial score (nSPS) is 24.3. The largest absolute Gasteiger partial charge is 0.305 e. The van der Waals surface area contributed by atoms with Gasteiger partial charge in [-0.25, -0.2) is 4.72 Å². The van der Waals surface area contributed by atoms with Crippen molar-refractivity contribution in [1.29, 1.82) is 0 Å². The van der Waals surface area contributed by atoms with E-state index in [1.165, 1.54) is 24.1 Å². The van der Waals surface area contributed by atoms with Gasteiger partial charge in [-0.05, 0) is 29.2 Å². The first-order valence-corrected chi connectivity index (χ1v) is 5.14. The summed E-state index contributed by atoms with van der Waals surface area (Å²) in [6, 6.07) is 6.20. The molecule has 0 saturated carbocycles. The van der Waals surface area contributed by atoms with Crippen molar-refractivity contribution in [2.24, 2.45) is 5.73 Å². The van der Waals surface area contributed by atoms with E-state index in [1.807, 2.05) is 11.5 Å². The van der Waals surface area contributed by atoms with Crippen molar-refractivity contribution in [2.75, 3.05) is 0 Å². The number of hydrogen-bond acceptors (Lipinski definition) is 5. The highest BCUT2D eigenvalue weighted by Crippen LogP contribution is 2.27. The van der Waals surface area contributed by atoms with E-state index < -0.39 is 10.6 Å². The summed E-state index contributed by atoms with van der Waals surface area (Å²) >= 11 is 1.40. The lowest BCUT2D eigenvalue weighted by atomic mass is 10.0. The Hall–Kier alpha value is -1.37. The third kappa shape index (κ3) is 1.87. The molecule has 0 radical (unpaired) electrons. The molecule has 1 aromatic carbocycles. The summed E-state index contributed by atoms with van der Waals surface area (Å²) in [7, 11) is 0. The lowest BCUT2D eigenvalue weighted by Gasteiger charge is -2.21. The van der Waals surface area contributed by atoms with E-state index in [2.05, 4.69) is 4.72 Å². The van der Waals surface area contributed by atoms with Crippen molar-refractivity contribution < 1.29 is 4.92 Å². The van der Waals surface area contributed by atoms with Crippen LogP contribution in [-0.4, -0.2) is 4.92 Å². The lowest BCUT2D eigenvalue weighted by Crippen LogP contribution is -2.42. The average molecular weight is 223 g/mol. The van der Waals surface area contributed by atoms with Crippen LogP contribution >= 0.6 is 11.9 Å². The van der Waals surface area contributed by atoms with Gasteiger partial charge in [-0.2, -0.15) is 0 Å². The van der Waals surface area contributed by atoms with Crippen molar-refractivity contribution in [3.63, 3.8) is 0 Å². The van der Waals surface area contributed by atoms with Gasteiger partial charge in [-0.3, -0.25) is 10.1 Å². The summed E-state index contributed by atoms with van der Waals surface area (Å²) in [6.45, 7) is 0. The second-order valence-electron chi connectivity index (χ2n) is 3.20. The minimum atomic E-state index is -0.722. The molecule has 0 aliphatic carbocycles. The van der Waals surface area contributed by atoms with Crippen LogP contribution in [-0.2, 0) is 5.66 Å². The van der Waals surface area contributed by atoms with Crippen LogP contribution in [0, 0.1) is 10.1 Å². The van der Waals surface area contributed by atoms with Crippen molar-refractivity contribution in [3.05, 3.63) is 51.4 Å². The third-order valence-corrected chi connectivity index (χ3v) is 2.91. The highest BCUT2D eigenvalue weighted by atomic mass is 32.2. The number of nitrogens with zero attached hydrogens (tertiary/aromatic N) is 1. The van der Waals surface area contributed by atoms with E-state index >= 15 is 0 Å². The molecular formula is C9H9N3O2S. The molecule has 1 aliphatic heterocycles. The number of nitrogens with two attached hydrogens (primary N) is 1. The number of hydrogen-bond donors (Lipinski definition) is 2. The van der Waals surface area contributed by atoms with Gasteiger partial charge in [0.25, 0.3) is 5.69 Å². The van der Waals surface area contributed by atoms with E-state index in [-0.39, 0.29) is 5.69 Å². The Labute approximate surface area is 90.6 Å². The minimum Gasteiger partial charge on any atom is -0.305 e. The number of nitro benzene ring substituents is 1. The fourth-order valence-electron chi connectivity index (χ4n) is 1.32. The van der Waals surface area contributed by atoms with Gasteiger partial charge in [0.05, 0.1) is 4.92 Å². The molecule has 1 aliphatic rings. The Morgan fingerprint density at radius 2 is 2.07 bits per heavy atom. The molecule has 0 spiro atoms. The monoisotopic (exact) mass is 223 g/mol. The highest BCUT2D eigenvalue weighted by Gasteiger charge is 2.27. The molecule has 1 aromatic rings. The van der Waals surface area contributed by atoms with E-state index in [0.717, 1.165) is 5.56 Å². The topological polar surface area (TPSA) is 81.2 Å². The molecule has 1 heterocycles. The van der Waals surface area contributed by atoms with Gasteiger partial charge in [-0.15, -0.1) is 0 Å². The first-order valence-electron chi connectivity index (χ1n) is 4.26. The summed E-state index contributed by atoms with van der Waals surface area (Å²) < 4.78 is 3.01. The summed E-state index contributed by atoms with van der Waals surface area (Å²) in [5, 5.41) is 12.3. The SMILES string of the molecule is NC1(c2ccc([N+](=O)[O-])cc2)C=CSN1. The first-order chi connectivity index (χ1) is 7.12. The Balaban J connectivity index is 2.31. The van der Waals surface area contributed by atoms with Gasteiger partial charge < -0.3 is 5.73 Å². The molecule has 15 heavy (non-hydrogen) atoms. The molecule has 2 rings (SSSR count). The van der Waals surface area contributed by atoms with Crippen LogP contribution in [0.5, 0.6) is 0 Å². The van der Waals surface area contributed by atoms with Crippen LogP contribution in [0.15, 0.2) is 35.7 Å². The molecule has 6 heteroatoms. The molecule has 0 aromatic heterocycles. The Bertz CT molecular complexity index is 418. The average Bonchev–Trinajstić information content (AvgIpc) is 2.67. The van der Waals surface area contributed by atoms with Crippen molar-refractivity contribution in [3.8, 4) is 0 Å². The first kappa shape index (κ1) is 10.2. The van der Waals surface area contributed by atoms with E-state index in [0.29, 0.717) is 0 Å². The maximum atomic E-state index is 10.5. The van der Waals surface area contributed by atoms with Crippen molar-refractivity contribution in [1.82, 2.24) is 4.72 Å². The molecule has 1 unspecified atom stereocenters. The summed E-state index contributed by atoms with van der Waals surface area (Å²) in [5.41, 5.74) is 6.16. The van der Waals surface area contributed by atoms with Gasteiger partial charge in [0.1, 0.15) is 5.66 Å². The summed E-state index contributed by atoms with van der Waals surface area (Å²) in [5.74, 6) is 0. The molecule has 0 saturated heterocycles. The summed E-state index contributed by atoms with van der Waals surface area (Å²) in [4.78, 5) is 10.0. The highest BCUT2D eigenvalue weighted by molar-refractivity contribution is 8.00. The zero-order chi connectivity index (χ0) is 10.9. The number of nitrogens with one attached hydrogen (secondary N) is 1. The maximum Gasteiger partial charge on any atom is 0.269 e. The lowest BCUT2D eigenvalue weighted by molar-refractivity contribution is -0.384. The third-order valence-electron chi connectivity index (χ3n) is 2.18. The second kappa shape index (κ2) is 3.65. The fraction of sp³-hybridized carbons (Fsp3) is 0.111. The molecule has 0 amide bonds. The smallest absolute Gasteiger partial charge is 0.269 e. The molecular weight excluding hydrogens is 214 g/mol. The Morgan fingerprint density at radius 1 is 1.40 bits per heavy atom. The van der Waals surface area contributed by atoms with Crippen LogP contribution < -0.4 is 10.5 Å². The van der Waals surface area contributed by atoms with Crippen LogP contribution in [0.3, 0.4) is 0 Å².